The summed E-state index contributed by atoms with van der Waals surface area (Å²) in [5.41, 5.74) is 0. The Balaban J connectivity index is 2.58. The number of hydrogen-bond acceptors (Lipinski definition) is 6. The molecule has 0 aliphatic heterocycles. The Labute approximate surface area is 107 Å². The van der Waals surface area contributed by atoms with Crippen molar-refractivity contribution in [1.29, 1.82) is 0 Å². The van der Waals surface area contributed by atoms with Crippen LogP contribution >= 0.6 is 0 Å². The molecule has 0 aromatic carbocycles. The Hall–Kier alpha value is -1.43. The molecule has 1 heterocycles. The van der Waals surface area contributed by atoms with E-state index < -0.39 is 0 Å². The molecule has 0 radical (unpaired) electrons. The molecule has 0 bridgehead atoms. The Morgan fingerprint density at radius 2 is 2.06 bits per heavy atom. The third-order valence-electron chi connectivity index (χ3n) is 2.58. The first kappa shape index (κ1) is 14.6. The third kappa shape index (κ3) is 3.80. The summed E-state index contributed by atoms with van der Waals surface area (Å²) < 4.78 is 9.83. The highest BCUT2D eigenvalue weighted by molar-refractivity contribution is 5.75. The summed E-state index contributed by atoms with van der Waals surface area (Å²) in [6.45, 7) is 8.25. The van der Waals surface area contributed by atoms with Crippen molar-refractivity contribution in [2.24, 2.45) is 5.92 Å². The first-order valence-electron chi connectivity index (χ1n) is 6.09. The summed E-state index contributed by atoms with van der Waals surface area (Å²) in [7, 11) is 1.38. The minimum absolute atomic E-state index is 0.133. The fraction of sp³-hybridized carbons (Fsp3) is 0.750. The van der Waals surface area contributed by atoms with Gasteiger partial charge >= 0.3 is 5.97 Å². The lowest BCUT2D eigenvalue weighted by Gasteiger charge is -2.18. The monoisotopic (exact) mass is 255 g/mol. The summed E-state index contributed by atoms with van der Waals surface area (Å²) in [6.07, 6.45) is 0. The highest BCUT2D eigenvalue weighted by atomic mass is 16.5. The van der Waals surface area contributed by atoms with Crippen molar-refractivity contribution < 1.29 is 14.1 Å². The van der Waals surface area contributed by atoms with Crippen LogP contribution in [0.2, 0.25) is 0 Å². The maximum Gasteiger partial charge on any atom is 0.323 e. The largest absolute Gasteiger partial charge is 0.468 e. The standard InChI is InChI=1S/C12H21N3O3/c1-7(2)10(12(16)17-5)13-6-9-14-11(8(3)4)18-15-9/h7-8,10,13H,6H2,1-5H3. The molecule has 1 N–H and O–H groups in total. The summed E-state index contributed by atoms with van der Waals surface area (Å²) in [5.74, 6) is 1.21. The van der Waals surface area contributed by atoms with Gasteiger partial charge in [-0.1, -0.05) is 32.9 Å². The van der Waals surface area contributed by atoms with E-state index in [1.807, 2.05) is 27.7 Å². The quantitative estimate of drug-likeness (QED) is 0.776. The number of carbonyl (C=O) groups is 1. The van der Waals surface area contributed by atoms with E-state index in [1.54, 1.807) is 0 Å². The minimum atomic E-state index is -0.365. The molecule has 1 aromatic rings. The zero-order chi connectivity index (χ0) is 13.7. The van der Waals surface area contributed by atoms with Crippen LogP contribution in [0.25, 0.3) is 0 Å². The van der Waals surface area contributed by atoms with Gasteiger partial charge in [-0.25, -0.2) is 0 Å². The number of nitrogens with zero attached hydrogens (tertiary/aromatic N) is 2. The zero-order valence-corrected chi connectivity index (χ0v) is 11.6. The van der Waals surface area contributed by atoms with Gasteiger partial charge < -0.3 is 9.26 Å². The minimum Gasteiger partial charge on any atom is -0.468 e. The second-order valence-corrected chi connectivity index (χ2v) is 4.83. The number of nitrogens with one attached hydrogen (secondary N) is 1. The van der Waals surface area contributed by atoms with Crippen LogP contribution in [0.4, 0.5) is 0 Å². The van der Waals surface area contributed by atoms with Crippen molar-refractivity contribution in [3.63, 3.8) is 0 Å². The second-order valence-electron chi connectivity index (χ2n) is 4.83. The second kappa shape index (κ2) is 6.49. The van der Waals surface area contributed by atoms with Gasteiger partial charge in [0.25, 0.3) is 0 Å². The van der Waals surface area contributed by atoms with E-state index in [0.29, 0.717) is 18.3 Å². The Morgan fingerprint density at radius 1 is 1.39 bits per heavy atom. The lowest BCUT2D eigenvalue weighted by molar-refractivity contribution is -0.144. The molecule has 18 heavy (non-hydrogen) atoms. The van der Waals surface area contributed by atoms with Gasteiger partial charge in [0.15, 0.2) is 5.82 Å². The Morgan fingerprint density at radius 3 is 2.50 bits per heavy atom. The average molecular weight is 255 g/mol. The molecule has 1 atom stereocenters. The van der Waals surface area contributed by atoms with Crippen LogP contribution < -0.4 is 5.32 Å². The molecule has 1 unspecified atom stereocenters. The van der Waals surface area contributed by atoms with E-state index in [0.717, 1.165) is 0 Å². The van der Waals surface area contributed by atoms with Crippen LogP contribution in [0.15, 0.2) is 4.52 Å². The number of esters is 1. The van der Waals surface area contributed by atoms with Crippen LogP contribution in [-0.4, -0.2) is 29.3 Å². The van der Waals surface area contributed by atoms with Gasteiger partial charge in [-0.2, -0.15) is 4.98 Å². The van der Waals surface area contributed by atoms with Gasteiger partial charge in [0.2, 0.25) is 5.89 Å². The molecule has 0 saturated carbocycles. The molecule has 6 nitrogen and oxygen atoms in total. The molecule has 0 amide bonds. The van der Waals surface area contributed by atoms with E-state index in [9.17, 15) is 4.79 Å². The van der Waals surface area contributed by atoms with E-state index in [4.69, 9.17) is 9.26 Å². The van der Waals surface area contributed by atoms with Gasteiger partial charge in [0.1, 0.15) is 6.04 Å². The van der Waals surface area contributed by atoms with Gasteiger partial charge in [-0.15, -0.1) is 0 Å². The van der Waals surface area contributed by atoms with Crippen molar-refractivity contribution in [1.82, 2.24) is 15.5 Å². The molecule has 102 valence electrons. The molecular weight excluding hydrogens is 234 g/mol. The van der Waals surface area contributed by atoms with E-state index in [1.165, 1.54) is 7.11 Å². The number of aromatic nitrogens is 2. The summed E-state index contributed by atoms with van der Waals surface area (Å²) in [6, 6.07) is -0.365. The lowest BCUT2D eigenvalue weighted by atomic mass is 10.0. The van der Waals surface area contributed by atoms with Crippen molar-refractivity contribution in [2.45, 2.75) is 46.2 Å². The van der Waals surface area contributed by atoms with Crippen LogP contribution in [0.1, 0.15) is 45.3 Å². The SMILES string of the molecule is COC(=O)C(NCc1noc(C(C)C)n1)C(C)C. The van der Waals surface area contributed by atoms with Crippen molar-refractivity contribution >= 4 is 5.97 Å². The van der Waals surface area contributed by atoms with Crippen LogP contribution in [0, 0.1) is 5.92 Å². The molecule has 1 rings (SSSR count). The van der Waals surface area contributed by atoms with E-state index in [-0.39, 0.29) is 23.8 Å². The van der Waals surface area contributed by atoms with Crippen molar-refractivity contribution in [3.05, 3.63) is 11.7 Å². The predicted molar refractivity (Wildman–Crippen MR) is 65.9 cm³/mol. The number of hydrogen-bond donors (Lipinski definition) is 1. The predicted octanol–water partition coefficient (Wildman–Crippen LogP) is 1.48. The summed E-state index contributed by atoms with van der Waals surface area (Å²) >= 11 is 0. The molecule has 6 heteroatoms. The van der Waals surface area contributed by atoms with Crippen LogP contribution in [0.5, 0.6) is 0 Å². The first-order valence-corrected chi connectivity index (χ1v) is 6.09. The molecule has 1 aromatic heterocycles. The normalized spacial score (nSPS) is 13.1. The van der Waals surface area contributed by atoms with Gasteiger partial charge in [0, 0.05) is 5.92 Å². The zero-order valence-electron chi connectivity index (χ0n) is 11.6. The Bertz CT molecular complexity index is 388. The maximum absolute atomic E-state index is 11.5. The highest BCUT2D eigenvalue weighted by Gasteiger charge is 2.23. The fourth-order valence-electron chi connectivity index (χ4n) is 1.49. The number of methoxy groups -OCH3 is 1. The third-order valence-corrected chi connectivity index (χ3v) is 2.58. The topological polar surface area (TPSA) is 77.2 Å². The maximum atomic E-state index is 11.5. The van der Waals surface area contributed by atoms with E-state index >= 15 is 0 Å². The number of ether oxygens (including phenoxy) is 1. The number of rotatable bonds is 6. The lowest BCUT2D eigenvalue weighted by Crippen LogP contribution is -2.41. The van der Waals surface area contributed by atoms with Crippen LogP contribution in [-0.2, 0) is 16.1 Å². The molecular formula is C12H21N3O3. The molecule has 0 saturated heterocycles. The molecule has 0 spiro atoms. The average Bonchev–Trinajstić information content (AvgIpc) is 2.77. The number of carbonyl (C=O) groups excluding carboxylic acids is 1. The van der Waals surface area contributed by atoms with Crippen molar-refractivity contribution in [3.8, 4) is 0 Å². The van der Waals surface area contributed by atoms with E-state index in [2.05, 4.69) is 15.5 Å². The van der Waals surface area contributed by atoms with Gasteiger partial charge in [-0.05, 0) is 5.92 Å². The Kier molecular flexibility index (Phi) is 5.27. The van der Waals surface area contributed by atoms with Crippen LogP contribution in [0.3, 0.4) is 0 Å². The van der Waals surface area contributed by atoms with Gasteiger partial charge in [-0.3, -0.25) is 10.1 Å². The molecule has 0 aliphatic carbocycles. The highest BCUT2D eigenvalue weighted by Crippen LogP contribution is 2.11. The summed E-state index contributed by atoms with van der Waals surface area (Å²) in [5, 5.41) is 6.93. The first-order chi connectivity index (χ1) is 8.45. The molecule has 0 fully saturated rings. The summed E-state index contributed by atoms with van der Waals surface area (Å²) in [4.78, 5) is 15.8. The fourth-order valence-corrected chi connectivity index (χ4v) is 1.49. The van der Waals surface area contributed by atoms with Gasteiger partial charge in [0.05, 0.1) is 13.7 Å². The van der Waals surface area contributed by atoms with Crippen molar-refractivity contribution in [2.75, 3.05) is 7.11 Å². The smallest absolute Gasteiger partial charge is 0.323 e. The molecule has 0 aliphatic rings.